The van der Waals surface area contributed by atoms with E-state index >= 15 is 0 Å². The third-order valence-corrected chi connectivity index (χ3v) is 6.43. The normalized spacial score (nSPS) is 33.4. The van der Waals surface area contributed by atoms with E-state index in [-0.39, 0.29) is 0 Å². The Morgan fingerprint density at radius 2 is 2.14 bits per heavy atom. The summed E-state index contributed by atoms with van der Waals surface area (Å²) >= 11 is 0. The highest BCUT2D eigenvalue weighted by atomic mass is 16.5. The highest BCUT2D eigenvalue weighted by Gasteiger charge is 2.62. The van der Waals surface area contributed by atoms with Crippen molar-refractivity contribution in [1.82, 2.24) is 10.3 Å². The molecule has 1 N–H and O–H groups in total. The first-order chi connectivity index (χ1) is 9.88. The summed E-state index contributed by atoms with van der Waals surface area (Å²) < 4.78 is 6.53. The number of ether oxygens (including phenoxy) is 1. The van der Waals surface area contributed by atoms with E-state index in [4.69, 9.17) is 4.74 Å². The number of aromatic nitrogens is 1. The van der Waals surface area contributed by atoms with E-state index in [0.717, 1.165) is 29.5 Å². The van der Waals surface area contributed by atoms with Crippen LogP contribution in [0.2, 0.25) is 0 Å². The van der Waals surface area contributed by atoms with Crippen LogP contribution in [-0.4, -0.2) is 18.1 Å². The minimum Gasteiger partial charge on any atom is -0.489 e. The van der Waals surface area contributed by atoms with Crippen molar-refractivity contribution in [3.63, 3.8) is 0 Å². The molecule has 2 fully saturated rings. The van der Waals surface area contributed by atoms with Crippen molar-refractivity contribution in [2.45, 2.75) is 59.6 Å². The van der Waals surface area contributed by atoms with Crippen molar-refractivity contribution in [1.29, 1.82) is 0 Å². The lowest BCUT2D eigenvalue weighted by molar-refractivity contribution is 0.0294. The van der Waals surface area contributed by atoms with Crippen LogP contribution >= 0.6 is 0 Å². The Morgan fingerprint density at radius 3 is 2.71 bits per heavy atom. The predicted octanol–water partition coefficient (Wildman–Crippen LogP) is 3.70. The summed E-state index contributed by atoms with van der Waals surface area (Å²) in [5.41, 5.74) is 2.87. The lowest BCUT2D eigenvalue weighted by atomic mass is 9.70. The van der Waals surface area contributed by atoms with E-state index in [1.165, 1.54) is 19.3 Å². The van der Waals surface area contributed by atoms with E-state index in [2.05, 4.69) is 37.1 Å². The second-order valence-corrected chi connectivity index (χ2v) is 7.68. The first-order valence-corrected chi connectivity index (χ1v) is 8.15. The third kappa shape index (κ3) is 2.17. The van der Waals surface area contributed by atoms with Gasteiger partial charge in [-0.2, -0.15) is 0 Å². The van der Waals surface area contributed by atoms with Gasteiger partial charge in [0.1, 0.15) is 11.9 Å². The molecule has 3 heteroatoms. The van der Waals surface area contributed by atoms with Crippen LogP contribution in [0.25, 0.3) is 0 Å². The molecular weight excluding hydrogens is 260 g/mol. The van der Waals surface area contributed by atoms with E-state index in [1.807, 2.05) is 20.2 Å². The lowest BCUT2D eigenvalue weighted by Gasteiger charge is -2.39. The standard InChI is InChI=1S/C18H28N2O/c1-12-8-15(13(10-19-5)11-20-12)21-16-9-14-6-7-18(16,4)17(14,2)3/h8,11,14,16,19H,6-7,9-10H2,1-5H3. The predicted molar refractivity (Wildman–Crippen MR) is 85.4 cm³/mol. The molecule has 21 heavy (non-hydrogen) atoms. The summed E-state index contributed by atoms with van der Waals surface area (Å²) in [6, 6.07) is 2.09. The SMILES string of the molecule is CNCc1cnc(C)cc1OC1CC2CCC1(C)C2(C)C. The summed E-state index contributed by atoms with van der Waals surface area (Å²) in [6.45, 7) is 10.1. The molecule has 0 saturated heterocycles. The highest BCUT2D eigenvalue weighted by molar-refractivity contribution is 5.33. The fraction of sp³-hybridized carbons (Fsp3) is 0.722. The van der Waals surface area contributed by atoms with E-state index in [0.29, 0.717) is 16.9 Å². The van der Waals surface area contributed by atoms with Crippen LogP contribution in [0.3, 0.4) is 0 Å². The average Bonchev–Trinajstić information content (AvgIpc) is 2.75. The Hall–Kier alpha value is -1.09. The van der Waals surface area contributed by atoms with Crippen molar-refractivity contribution in [2.24, 2.45) is 16.7 Å². The quantitative estimate of drug-likeness (QED) is 0.917. The first kappa shape index (κ1) is 14.8. The molecule has 3 unspecified atom stereocenters. The van der Waals surface area contributed by atoms with E-state index < -0.39 is 0 Å². The van der Waals surface area contributed by atoms with Gasteiger partial charge in [-0.25, -0.2) is 0 Å². The maximum absolute atomic E-state index is 6.53. The van der Waals surface area contributed by atoms with Crippen molar-refractivity contribution < 1.29 is 4.74 Å². The zero-order chi connectivity index (χ0) is 15.3. The van der Waals surface area contributed by atoms with E-state index in [1.54, 1.807) is 0 Å². The van der Waals surface area contributed by atoms with Gasteiger partial charge in [0.25, 0.3) is 0 Å². The molecule has 116 valence electrons. The van der Waals surface area contributed by atoms with Gasteiger partial charge in [-0.15, -0.1) is 0 Å². The van der Waals surface area contributed by atoms with Gasteiger partial charge in [0, 0.05) is 35.5 Å². The van der Waals surface area contributed by atoms with Crippen molar-refractivity contribution >= 4 is 0 Å². The summed E-state index contributed by atoms with van der Waals surface area (Å²) in [5.74, 6) is 1.83. The van der Waals surface area contributed by atoms with Crippen LogP contribution in [-0.2, 0) is 6.54 Å². The van der Waals surface area contributed by atoms with Crippen molar-refractivity contribution in [3.05, 3.63) is 23.5 Å². The molecule has 3 atom stereocenters. The Balaban J connectivity index is 1.87. The van der Waals surface area contributed by atoms with Crippen molar-refractivity contribution in [3.8, 4) is 5.75 Å². The van der Waals surface area contributed by atoms with Gasteiger partial charge in [-0.05, 0) is 44.6 Å². The molecule has 0 aliphatic heterocycles. The largest absolute Gasteiger partial charge is 0.489 e. The number of rotatable bonds is 4. The molecule has 0 spiro atoms. The number of pyridine rings is 1. The topological polar surface area (TPSA) is 34.2 Å². The van der Waals surface area contributed by atoms with Gasteiger partial charge in [0.2, 0.25) is 0 Å². The zero-order valence-electron chi connectivity index (χ0n) is 14.0. The van der Waals surface area contributed by atoms with Crippen molar-refractivity contribution in [2.75, 3.05) is 7.05 Å². The molecule has 1 aromatic rings. The summed E-state index contributed by atoms with van der Waals surface area (Å²) in [4.78, 5) is 4.41. The highest BCUT2D eigenvalue weighted by Crippen LogP contribution is 2.66. The summed E-state index contributed by atoms with van der Waals surface area (Å²) in [7, 11) is 1.96. The van der Waals surface area contributed by atoms with Crippen LogP contribution in [0.15, 0.2) is 12.3 Å². The minimum absolute atomic E-state index is 0.297. The van der Waals surface area contributed by atoms with Crippen LogP contribution in [0, 0.1) is 23.7 Å². The number of hydrogen-bond acceptors (Lipinski definition) is 3. The Morgan fingerprint density at radius 1 is 1.38 bits per heavy atom. The van der Waals surface area contributed by atoms with Crippen LogP contribution in [0.4, 0.5) is 0 Å². The summed E-state index contributed by atoms with van der Waals surface area (Å²) in [6.07, 6.45) is 6.14. The molecule has 3 nitrogen and oxygen atoms in total. The molecule has 2 saturated carbocycles. The molecule has 1 heterocycles. The molecule has 0 amide bonds. The van der Waals surface area contributed by atoms with Gasteiger partial charge in [0.05, 0.1) is 0 Å². The molecule has 0 radical (unpaired) electrons. The third-order valence-electron chi connectivity index (χ3n) is 6.43. The number of hydrogen-bond donors (Lipinski definition) is 1. The van der Waals surface area contributed by atoms with Crippen LogP contribution < -0.4 is 10.1 Å². The average molecular weight is 288 g/mol. The number of nitrogens with zero attached hydrogens (tertiary/aromatic N) is 1. The van der Waals surface area contributed by atoms with Crippen LogP contribution in [0.5, 0.6) is 5.75 Å². The maximum atomic E-state index is 6.53. The number of nitrogens with one attached hydrogen (secondary N) is 1. The molecule has 2 aliphatic rings. The lowest BCUT2D eigenvalue weighted by Crippen LogP contribution is -2.39. The zero-order valence-corrected chi connectivity index (χ0v) is 14.0. The molecular formula is C18H28N2O. The second-order valence-electron chi connectivity index (χ2n) is 7.68. The molecule has 2 bridgehead atoms. The van der Waals surface area contributed by atoms with Gasteiger partial charge >= 0.3 is 0 Å². The van der Waals surface area contributed by atoms with Gasteiger partial charge in [0.15, 0.2) is 0 Å². The number of fused-ring (bicyclic) bond motifs is 2. The van der Waals surface area contributed by atoms with Crippen LogP contribution in [0.1, 0.15) is 51.3 Å². The fourth-order valence-electron chi connectivity index (χ4n) is 4.46. The Kier molecular flexibility index (Phi) is 3.52. The van der Waals surface area contributed by atoms with Gasteiger partial charge < -0.3 is 10.1 Å². The smallest absolute Gasteiger partial charge is 0.127 e. The molecule has 2 aliphatic carbocycles. The van der Waals surface area contributed by atoms with Gasteiger partial charge in [-0.1, -0.05) is 20.8 Å². The molecule has 0 aromatic carbocycles. The molecule has 1 aromatic heterocycles. The van der Waals surface area contributed by atoms with Gasteiger partial charge in [-0.3, -0.25) is 4.98 Å². The fourth-order valence-corrected chi connectivity index (χ4v) is 4.46. The maximum Gasteiger partial charge on any atom is 0.127 e. The second kappa shape index (κ2) is 4.98. The number of aryl methyl sites for hydroxylation is 1. The minimum atomic E-state index is 0.297. The summed E-state index contributed by atoms with van der Waals surface area (Å²) in [5, 5.41) is 3.21. The molecule has 3 rings (SSSR count). The Bertz CT molecular complexity index is 540. The van der Waals surface area contributed by atoms with E-state index in [9.17, 15) is 0 Å². The first-order valence-electron chi connectivity index (χ1n) is 8.15. The monoisotopic (exact) mass is 288 g/mol. The Labute approximate surface area is 128 Å².